The van der Waals surface area contributed by atoms with E-state index < -0.39 is 0 Å². The Labute approximate surface area is 106 Å². The molecular weight excluding hydrogens is 208 g/mol. The molecule has 0 heterocycles. The highest BCUT2D eigenvalue weighted by molar-refractivity contribution is 5.26. The Morgan fingerprint density at radius 3 is 1.82 bits per heavy atom. The maximum atomic E-state index is 10.1. The van der Waals surface area contributed by atoms with Crippen molar-refractivity contribution >= 4 is 0 Å². The van der Waals surface area contributed by atoms with Gasteiger partial charge in [-0.05, 0) is 43.6 Å². The molecule has 1 nitrogen and oxygen atoms in total. The Kier molecular flexibility index (Phi) is 5.09. The topological polar surface area (TPSA) is 20.2 Å². The second-order valence-corrected chi connectivity index (χ2v) is 6.03. The lowest BCUT2D eigenvalue weighted by Crippen LogP contribution is -2.05. The lowest BCUT2D eigenvalue weighted by Gasteiger charge is -2.13. The standard InChI is InChI=1S/C16H28O/c1-13-12-16(17)15-11-9-7-5-3-2-4-6-8-10-14(13)15/h13,16-17H,2-12H2,1H3. The van der Waals surface area contributed by atoms with Gasteiger partial charge < -0.3 is 5.11 Å². The van der Waals surface area contributed by atoms with E-state index >= 15 is 0 Å². The predicted molar refractivity (Wildman–Crippen MR) is 73.0 cm³/mol. The highest BCUT2D eigenvalue weighted by Crippen LogP contribution is 2.38. The molecule has 0 saturated heterocycles. The van der Waals surface area contributed by atoms with Crippen molar-refractivity contribution in [3.05, 3.63) is 11.1 Å². The molecule has 1 N–H and O–H groups in total. The summed E-state index contributed by atoms with van der Waals surface area (Å²) >= 11 is 0. The molecule has 98 valence electrons. The van der Waals surface area contributed by atoms with Crippen molar-refractivity contribution < 1.29 is 5.11 Å². The SMILES string of the molecule is CC1CC(O)C2=C1CCCCCCCCCC2. The molecular formula is C16H28O. The molecule has 0 aromatic rings. The van der Waals surface area contributed by atoms with E-state index in [0.29, 0.717) is 5.92 Å². The zero-order valence-corrected chi connectivity index (χ0v) is 11.4. The fourth-order valence-electron chi connectivity index (χ4n) is 3.58. The Balaban J connectivity index is 2.00. The van der Waals surface area contributed by atoms with Gasteiger partial charge in [0, 0.05) is 0 Å². The molecule has 0 fully saturated rings. The fraction of sp³-hybridized carbons (Fsp3) is 0.875. The smallest absolute Gasteiger partial charge is 0.0758 e. The van der Waals surface area contributed by atoms with Gasteiger partial charge in [-0.3, -0.25) is 0 Å². The monoisotopic (exact) mass is 236 g/mol. The molecule has 0 spiro atoms. The Morgan fingerprint density at radius 2 is 1.24 bits per heavy atom. The molecule has 0 radical (unpaired) electrons. The third kappa shape index (κ3) is 3.58. The molecule has 2 atom stereocenters. The molecule has 0 aromatic heterocycles. The van der Waals surface area contributed by atoms with E-state index in [2.05, 4.69) is 6.92 Å². The van der Waals surface area contributed by atoms with Crippen molar-refractivity contribution in [3.63, 3.8) is 0 Å². The molecule has 0 saturated carbocycles. The number of allylic oxidation sites excluding steroid dienone is 1. The highest BCUT2D eigenvalue weighted by atomic mass is 16.3. The van der Waals surface area contributed by atoms with Gasteiger partial charge in [0.1, 0.15) is 0 Å². The largest absolute Gasteiger partial charge is 0.389 e. The normalized spacial score (nSPS) is 32.8. The summed E-state index contributed by atoms with van der Waals surface area (Å²) in [5.41, 5.74) is 3.05. The van der Waals surface area contributed by atoms with Crippen LogP contribution in [0.4, 0.5) is 0 Å². The number of rotatable bonds is 0. The zero-order chi connectivity index (χ0) is 12.1. The molecule has 1 heteroatoms. The molecule has 0 aliphatic heterocycles. The van der Waals surface area contributed by atoms with Gasteiger partial charge in [-0.25, -0.2) is 0 Å². The summed E-state index contributed by atoms with van der Waals surface area (Å²) < 4.78 is 0. The molecule has 0 aromatic carbocycles. The van der Waals surface area contributed by atoms with Gasteiger partial charge in [0.2, 0.25) is 0 Å². The summed E-state index contributed by atoms with van der Waals surface area (Å²) in [5.74, 6) is 0.642. The fourth-order valence-corrected chi connectivity index (χ4v) is 3.58. The quantitative estimate of drug-likeness (QED) is 0.609. The molecule has 2 unspecified atom stereocenters. The van der Waals surface area contributed by atoms with Crippen LogP contribution >= 0.6 is 0 Å². The van der Waals surface area contributed by atoms with Crippen LogP contribution in [0.15, 0.2) is 11.1 Å². The van der Waals surface area contributed by atoms with Crippen LogP contribution < -0.4 is 0 Å². The van der Waals surface area contributed by atoms with E-state index in [-0.39, 0.29) is 6.10 Å². The molecule has 0 amide bonds. The summed E-state index contributed by atoms with van der Waals surface area (Å²) in [4.78, 5) is 0. The number of aliphatic hydroxyl groups excluding tert-OH is 1. The van der Waals surface area contributed by atoms with Crippen molar-refractivity contribution in [2.45, 2.75) is 83.7 Å². The summed E-state index contributed by atoms with van der Waals surface area (Å²) in [6, 6.07) is 0. The van der Waals surface area contributed by atoms with Crippen LogP contribution in [0.2, 0.25) is 0 Å². The van der Waals surface area contributed by atoms with Gasteiger partial charge in [-0.2, -0.15) is 0 Å². The Hall–Kier alpha value is -0.300. The first-order chi connectivity index (χ1) is 8.29. The van der Waals surface area contributed by atoms with Crippen LogP contribution in [0.25, 0.3) is 0 Å². The van der Waals surface area contributed by atoms with Crippen molar-refractivity contribution in [2.24, 2.45) is 5.92 Å². The van der Waals surface area contributed by atoms with Gasteiger partial charge in [0.15, 0.2) is 0 Å². The first-order valence-corrected chi connectivity index (χ1v) is 7.69. The predicted octanol–water partition coefficient (Wildman–Crippen LogP) is 4.60. The summed E-state index contributed by atoms with van der Waals surface area (Å²) in [7, 11) is 0. The van der Waals surface area contributed by atoms with Crippen molar-refractivity contribution in [1.82, 2.24) is 0 Å². The first kappa shape index (κ1) is 13.1. The summed E-state index contributed by atoms with van der Waals surface area (Å²) in [5, 5.41) is 10.1. The molecule has 2 aliphatic rings. The van der Waals surface area contributed by atoms with Crippen LogP contribution in [0.1, 0.15) is 77.6 Å². The van der Waals surface area contributed by atoms with Gasteiger partial charge in [0.05, 0.1) is 6.10 Å². The average molecular weight is 236 g/mol. The third-order valence-corrected chi connectivity index (χ3v) is 4.63. The van der Waals surface area contributed by atoms with Crippen LogP contribution in [0.5, 0.6) is 0 Å². The van der Waals surface area contributed by atoms with E-state index in [9.17, 15) is 5.11 Å². The third-order valence-electron chi connectivity index (χ3n) is 4.63. The van der Waals surface area contributed by atoms with Crippen molar-refractivity contribution in [2.75, 3.05) is 0 Å². The second kappa shape index (κ2) is 6.58. The van der Waals surface area contributed by atoms with Crippen LogP contribution in [-0.2, 0) is 0 Å². The Morgan fingerprint density at radius 1 is 0.765 bits per heavy atom. The summed E-state index contributed by atoms with van der Waals surface area (Å²) in [6.07, 6.45) is 14.4. The van der Waals surface area contributed by atoms with Crippen molar-refractivity contribution in [3.8, 4) is 0 Å². The number of aliphatic hydroxyl groups is 1. The molecule has 17 heavy (non-hydrogen) atoms. The van der Waals surface area contributed by atoms with Crippen LogP contribution in [0.3, 0.4) is 0 Å². The minimum atomic E-state index is -0.108. The number of hydrogen-bond donors (Lipinski definition) is 1. The minimum absolute atomic E-state index is 0.108. The maximum Gasteiger partial charge on any atom is 0.0758 e. The van der Waals surface area contributed by atoms with E-state index in [1.165, 1.54) is 69.8 Å². The minimum Gasteiger partial charge on any atom is -0.389 e. The lowest BCUT2D eigenvalue weighted by atomic mass is 9.93. The number of hydrogen-bond acceptors (Lipinski definition) is 1. The van der Waals surface area contributed by atoms with E-state index in [4.69, 9.17) is 0 Å². The van der Waals surface area contributed by atoms with E-state index in [1.807, 2.05) is 0 Å². The van der Waals surface area contributed by atoms with Gasteiger partial charge in [-0.15, -0.1) is 0 Å². The van der Waals surface area contributed by atoms with E-state index in [1.54, 1.807) is 5.57 Å². The molecule has 2 rings (SSSR count). The highest BCUT2D eigenvalue weighted by Gasteiger charge is 2.28. The van der Waals surface area contributed by atoms with Crippen LogP contribution in [0, 0.1) is 5.92 Å². The van der Waals surface area contributed by atoms with Crippen molar-refractivity contribution in [1.29, 1.82) is 0 Å². The first-order valence-electron chi connectivity index (χ1n) is 7.69. The average Bonchev–Trinajstić information content (AvgIpc) is 2.54. The summed E-state index contributed by atoms with van der Waals surface area (Å²) in [6.45, 7) is 2.30. The van der Waals surface area contributed by atoms with Gasteiger partial charge in [0.25, 0.3) is 0 Å². The molecule has 2 aliphatic carbocycles. The van der Waals surface area contributed by atoms with Gasteiger partial charge >= 0.3 is 0 Å². The van der Waals surface area contributed by atoms with Gasteiger partial charge in [-0.1, -0.05) is 51.0 Å². The second-order valence-electron chi connectivity index (χ2n) is 6.03. The van der Waals surface area contributed by atoms with E-state index in [0.717, 1.165) is 6.42 Å². The van der Waals surface area contributed by atoms with Crippen LogP contribution in [-0.4, -0.2) is 11.2 Å². The Bertz CT molecular complexity index is 241. The zero-order valence-electron chi connectivity index (χ0n) is 11.4. The lowest BCUT2D eigenvalue weighted by molar-refractivity contribution is 0.198. The molecule has 0 bridgehead atoms. The maximum absolute atomic E-state index is 10.1.